The summed E-state index contributed by atoms with van der Waals surface area (Å²) in [6, 6.07) is 25.4. The number of hydrogen-bond donors (Lipinski definition) is 1. The Labute approximate surface area is 193 Å². The van der Waals surface area contributed by atoms with Gasteiger partial charge in [-0.2, -0.15) is 4.31 Å². The summed E-state index contributed by atoms with van der Waals surface area (Å²) < 4.78 is 28.7. The molecule has 0 radical (unpaired) electrons. The maximum Gasteiger partial charge on any atom is 0.308 e. The maximum absolute atomic E-state index is 13.6. The fourth-order valence-electron chi connectivity index (χ4n) is 4.07. The first-order valence-corrected chi connectivity index (χ1v) is 12.8. The molecule has 1 fully saturated rings. The fourth-order valence-corrected chi connectivity index (χ4v) is 7.03. The summed E-state index contributed by atoms with van der Waals surface area (Å²) in [5.41, 5.74) is 1.83. The molecule has 0 spiro atoms. The number of carboxylic acid groups (broad SMARTS) is 1. The summed E-state index contributed by atoms with van der Waals surface area (Å²) in [7, 11) is -3.88. The first-order chi connectivity index (χ1) is 15.4. The number of thioether (sulfide) groups is 1. The Morgan fingerprint density at radius 1 is 0.938 bits per heavy atom. The van der Waals surface area contributed by atoms with Gasteiger partial charge in [-0.3, -0.25) is 4.79 Å². The lowest BCUT2D eigenvalue weighted by Gasteiger charge is -2.41. The Morgan fingerprint density at radius 2 is 1.53 bits per heavy atom. The van der Waals surface area contributed by atoms with Crippen LogP contribution >= 0.6 is 11.8 Å². The lowest BCUT2D eigenvalue weighted by Crippen LogP contribution is -2.49. The number of carboxylic acids is 1. The van der Waals surface area contributed by atoms with Crippen molar-refractivity contribution in [2.45, 2.75) is 34.4 Å². The minimum Gasteiger partial charge on any atom is -0.481 e. The van der Waals surface area contributed by atoms with Crippen LogP contribution in [0.3, 0.4) is 0 Å². The standard InChI is InChI=1S/C25H25NO4S2/c1-18-12-14-21(15-13-18)32(29,30)26-17-22(25(27)28)24(31-20-10-6-3-7-11-20)16-23(26)19-8-4-2-5-9-19/h2-15,22-24H,16-17H2,1H3,(H,27,28)/t22-,23+,24-/m1/s1. The van der Waals surface area contributed by atoms with Crippen LogP contribution in [-0.4, -0.2) is 35.6 Å². The van der Waals surface area contributed by atoms with Gasteiger partial charge in [-0.1, -0.05) is 66.2 Å². The zero-order valence-electron chi connectivity index (χ0n) is 17.7. The van der Waals surface area contributed by atoms with E-state index >= 15 is 0 Å². The summed E-state index contributed by atoms with van der Waals surface area (Å²) in [6.07, 6.45) is 0.408. The molecule has 7 heteroatoms. The number of aryl methyl sites for hydroxylation is 1. The topological polar surface area (TPSA) is 74.7 Å². The highest BCUT2D eigenvalue weighted by Gasteiger charge is 2.45. The van der Waals surface area contributed by atoms with E-state index in [0.29, 0.717) is 6.42 Å². The van der Waals surface area contributed by atoms with Gasteiger partial charge in [0.25, 0.3) is 0 Å². The van der Waals surface area contributed by atoms with Crippen LogP contribution in [0.1, 0.15) is 23.6 Å². The third-order valence-electron chi connectivity index (χ3n) is 5.79. The molecular formula is C25H25NO4S2. The number of rotatable bonds is 6. The van der Waals surface area contributed by atoms with Gasteiger partial charge >= 0.3 is 5.97 Å². The van der Waals surface area contributed by atoms with E-state index in [1.165, 1.54) is 16.1 Å². The Morgan fingerprint density at radius 3 is 2.12 bits per heavy atom. The van der Waals surface area contributed by atoms with Gasteiger partial charge in [-0.15, -0.1) is 11.8 Å². The summed E-state index contributed by atoms with van der Waals surface area (Å²) >= 11 is 1.51. The van der Waals surface area contributed by atoms with Crippen LogP contribution in [0.4, 0.5) is 0 Å². The molecule has 0 aliphatic carbocycles. The molecule has 1 aliphatic heterocycles. The Bertz CT molecular complexity index is 1170. The molecule has 1 saturated heterocycles. The van der Waals surface area contributed by atoms with Crippen LogP contribution in [0.2, 0.25) is 0 Å². The van der Waals surface area contributed by atoms with E-state index in [0.717, 1.165) is 16.0 Å². The highest BCUT2D eigenvalue weighted by atomic mass is 32.2. The SMILES string of the molecule is Cc1ccc(S(=O)(=O)N2C[C@@H](C(=O)O)[C@H](Sc3ccccc3)C[C@H]2c2ccccc2)cc1. The first kappa shape index (κ1) is 22.6. The molecule has 4 rings (SSSR count). The number of carbonyl (C=O) groups is 1. The zero-order valence-corrected chi connectivity index (χ0v) is 19.3. The second kappa shape index (κ2) is 9.48. The smallest absolute Gasteiger partial charge is 0.308 e. The number of benzene rings is 3. The van der Waals surface area contributed by atoms with Gasteiger partial charge in [-0.25, -0.2) is 8.42 Å². The second-order valence-electron chi connectivity index (χ2n) is 7.96. The Hall–Kier alpha value is -2.61. The average molecular weight is 468 g/mol. The first-order valence-electron chi connectivity index (χ1n) is 10.4. The highest BCUT2D eigenvalue weighted by Crippen LogP contribution is 2.44. The molecule has 32 heavy (non-hydrogen) atoms. The predicted octanol–water partition coefficient (Wildman–Crippen LogP) is 4.99. The Kier molecular flexibility index (Phi) is 6.69. The summed E-state index contributed by atoms with van der Waals surface area (Å²) in [5.74, 6) is -1.80. The molecule has 166 valence electrons. The van der Waals surface area contributed by atoms with Crippen molar-refractivity contribution in [1.29, 1.82) is 0 Å². The molecule has 3 aromatic carbocycles. The van der Waals surface area contributed by atoms with Crippen LogP contribution in [0, 0.1) is 12.8 Å². The molecular weight excluding hydrogens is 442 g/mol. The Balaban J connectivity index is 1.74. The van der Waals surface area contributed by atoms with Gasteiger partial charge in [0, 0.05) is 16.7 Å². The van der Waals surface area contributed by atoms with Crippen molar-refractivity contribution < 1.29 is 18.3 Å². The minimum atomic E-state index is -3.88. The minimum absolute atomic E-state index is 0.0738. The molecule has 5 nitrogen and oxygen atoms in total. The molecule has 0 bridgehead atoms. The van der Waals surface area contributed by atoms with Crippen LogP contribution in [0.25, 0.3) is 0 Å². The van der Waals surface area contributed by atoms with Gasteiger partial charge in [0.2, 0.25) is 10.0 Å². The van der Waals surface area contributed by atoms with E-state index < -0.39 is 28.0 Å². The van der Waals surface area contributed by atoms with Gasteiger partial charge < -0.3 is 5.11 Å². The highest BCUT2D eigenvalue weighted by molar-refractivity contribution is 8.00. The van der Waals surface area contributed by atoms with Crippen molar-refractivity contribution in [1.82, 2.24) is 4.31 Å². The molecule has 1 aliphatic rings. The summed E-state index contributed by atoms with van der Waals surface area (Å²) in [6.45, 7) is 1.82. The van der Waals surface area contributed by atoms with E-state index in [1.807, 2.05) is 67.6 Å². The van der Waals surface area contributed by atoms with Crippen LogP contribution < -0.4 is 0 Å². The molecule has 0 aromatic heterocycles. The number of piperidine rings is 1. The maximum atomic E-state index is 13.6. The number of nitrogens with zero attached hydrogens (tertiary/aromatic N) is 1. The van der Waals surface area contributed by atoms with E-state index in [9.17, 15) is 18.3 Å². The van der Waals surface area contributed by atoms with E-state index in [-0.39, 0.29) is 16.7 Å². The largest absolute Gasteiger partial charge is 0.481 e. The molecule has 0 amide bonds. The molecule has 1 heterocycles. The van der Waals surface area contributed by atoms with E-state index in [4.69, 9.17) is 0 Å². The van der Waals surface area contributed by atoms with Crippen molar-refractivity contribution in [3.63, 3.8) is 0 Å². The average Bonchev–Trinajstić information content (AvgIpc) is 2.80. The second-order valence-corrected chi connectivity index (χ2v) is 11.2. The van der Waals surface area contributed by atoms with Crippen LogP contribution in [0.15, 0.2) is 94.7 Å². The molecule has 1 N–H and O–H groups in total. The van der Waals surface area contributed by atoms with Crippen LogP contribution in [0.5, 0.6) is 0 Å². The quantitative estimate of drug-likeness (QED) is 0.553. The van der Waals surface area contributed by atoms with E-state index in [2.05, 4.69) is 0 Å². The molecule has 3 atom stereocenters. The van der Waals surface area contributed by atoms with Crippen LogP contribution in [-0.2, 0) is 14.8 Å². The predicted molar refractivity (Wildman–Crippen MR) is 126 cm³/mol. The van der Waals surface area contributed by atoms with E-state index in [1.54, 1.807) is 24.3 Å². The van der Waals surface area contributed by atoms with Crippen molar-refractivity contribution in [2.75, 3.05) is 6.54 Å². The van der Waals surface area contributed by atoms with Crippen molar-refractivity contribution in [2.24, 2.45) is 5.92 Å². The molecule has 0 saturated carbocycles. The third-order valence-corrected chi connectivity index (χ3v) is 9.05. The number of hydrogen-bond acceptors (Lipinski definition) is 4. The zero-order chi connectivity index (χ0) is 22.7. The van der Waals surface area contributed by atoms with Crippen molar-refractivity contribution >= 4 is 27.8 Å². The van der Waals surface area contributed by atoms with Gasteiger partial charge in [-0.05, 0) is 43.2 Å². The fraction of sp³-hybridized carbons (Fsp3) is 0.240. The normalized spacial score (nSPS) is 21.8. The summed E-state index contributed by atoms with van der Waals surface area (Å²) in [4.78, 5) is 13.4. The summed E-state index contributed by atoms with van der Waals surface area (Å²) in [5, 5.41) is 9.74. The lowest BCUT2D eigenvalue weighted by atomic mass is 9.90. The lowest BCUT2D eigenvalue weighted by molar-refractivity contribution is -0.143. The van der Waals surface area contributed by atoms with Crippen molar-refractivity contribution in [3.05, 3.63) is 96.1 Å². The number of sulfonamides is 1. The number of aliphatic carboxylic acids is 1. The molecule has 3 aromatic rings. The van der Waals surface area contributed by atoms with Gasteiger partial charge in [0.05, 0.1) is 16.9 Å². The monoisotopic (exact) mass is 467 g/mol. The van der Waals surface area contributed by atoms with Crippen molar-refractivity contribution in [3.8, 4) is 0 Å². The van der Waals surface area contributed by atoms with Gasteiger partial charge in [0.15, 0.2) is 0 Å². The third kappa shape index (κ3) is 4.75. The molecule has 0 unspecified atom stereocenters. The van der Waals surface area contributed by atoms with Gasteiger partial charge in [0.1, 0.15) is 0 Å².